The summed E-state index contributed by atoms with van der Waals surface area (Å²) in [4.78, 5) is 34.1. The molecule has 2 aromatic rings. The predicted molar refractivity (Wildman–Crippen MR) is 69.2 cm³/mol. The molecule has 0 saturated heterocycles. The molecule has 2 rings (SSSR count). The van der Waals surface area contributed by atoms with E-state index in [9.17, 15) is 51.2 Å². The summed E-state index contributed by atoms with van der Waals surface area (Å²) in [6, 6.07) is -0.385. The maximum Gasteiger partial charge on any atom is 0.417 e. The maximum atomic E-state index is 13.1. The van der Waals surface area contributed by atoms with Crippen molar-refractivity contribution in [1.82, 2.24) is 4.98 Å². The molecule has 0 fully saturated rings. The lowest BCUT2D eigenvalue weighted by Gasteiger charge is -2.13. The van der Waals surface area contributed by atoms with Gasteiger partial charge in [-0.25, -0.2) is 0 Å². The van der Waals surface area contributed by atoms with Crippen LogP contribution in [0.3, 0.4) is 0 Å². The van der Waals surface area contributed by atoms with Crippen LogP contribution in [0.15, 0.2) is 21.7 Å². The number of H-pyrrole nitrogens is 1. The Morgan fingerprint density at radius 2 is 1.60 bits per heavy atom. The van der Waals surface area contributed by atoms with Crippen LogP contribution in [-0.4, -0.2) is 15.0 Å². The molecule has 0 unspecified atom stereocenters. The minimum atomic E-state index is -5.48. The molecule has 0 bridgehead atoms. The van der Waals surface area contributed by atoms with E-state index in [1.807, 2.05) is 0 Å². The number of nitrogens with one attached hydrogen (secondary N) is 1. The molecule has 1 aromatic heterocycles. The average molecular weight is 370 g/mol. The molecule has 134 valence electrons. The second kappa shape index (κ2) is 5.46. The van der Waals surface area contributed by atoms with Crippen molar-refractivity contribution >= 4 is 16.6 Å². The van der Waals surface area contributed by atoms with Crippen LogP contribution in [0.4, 0.5) is 32.0 Å². The van der Waals surface area contributed by atoms with Crippen LogP contribution in [0.5, 0.6) is 5.75 Å². The number of nitrogens with zero attached hydrogens (tertiary/aromatic N) is 1. The first-order chi connectivity index (χ1) is 11.2. The van der Waals surface area contributed by atoms with Gasteiger partial charge >= 0.3 is 23.6 Å². The number of fused-ring (bicyclic) bond motifs is 1. The standard InChI is InChI=1S/C12H4F6N2O5/c13-11(14,15)3-1-4(12(16,17)18)6-5(2-3)19-10(23)7(20(24)25)9(22)8(6)21/h1-2H,(H,19,23)(H,21,22). The Kier molecular flexibility index (Phi) is 3.98. The molecule has 13 heteroatoms. The number of halogens is 6. The fourth-order valence-corrected chi connectivity index (χ4v) is 2.06. The zero-order chi connectivity index (χ0) is 19.3. The minimum Gasteiger partial charge on any atom is -0.499 e. The van der Waals surface area contributed by atoms with Crippen LogP contribution in [-0.2, 0) is 12.4 Å². The minimum absolute atomic E-state index is 0.0105. The molecule has 1 heterocycles. The summed E-state index contributed by atoms with van der Waals surface area (Å²) >= 11 is 0. The van der Waals surface area contributed by atoms with Crippen molar-refractivity contribution in [3.8, 4) is 5.75 Å². The van der Waals surface area contributed by atoms with Gasteiger partial charge in [0.1, 0.15) is 0 Å². The number of alkyl halides is 6. The molecule has 0 spiro atoms. The van der Waals surface area contributed by atoms with Crippen LogP contribution in [0.1, 0.15) is 11.1 Å². The first-order valence-corrected chi connectivity index (χ1v) is 6.01. The Balaban J connectivity index is 3.23. The number of hydrogen-bond acceptors (Lipinski definition) is 5. The third-order valence-corrected chi connectivity index (χ3v) is 3.08. The highest BCUT2D eigenvalue weighted by molar-refractivity contribution is 5.85. The van der Waals surface area contributed by atoms with Gasteiger partial charge in [0.15, 0.2) is 0 Å². The van der Waals surface area contributed by atoms with Crippen LogP contribution >= 0.6 is 0 Å². The Hall–Kier alpha value is -3.12. The SMILES string of the molecule is O=c1[nH]c2cc(C(F)(F)F)cc(C(F)(F)F)c2c(=O)c(O)c1[N+](=O)[O-]. The van der Waals surface area contributed by atoms with E-state index < -0.39 is 67.8 Å². The molecule has 0 saturated carbocycles. The van der Waals surface area contributed by atoms with Crippen LogP contribution < -0.4 is 11.0 Å². The Bertz CT molecular complexity index is 1010. The predicted octanol–water partition coefficient (Wildman–Crippen LogP) is 2.54. The van der Waals surface area contributed by atoms with Crippen molar-refractivity contribution in [3.63, 3.8) is 0 Å². The topological polar surface area (TPSA) is 113 Å². The molecule has 0 amide bonds. The van der Waals surface area contributed by atoms with Crippen LogP contribution in [0, 0.1) is 10.1 Å². The third-order valence-electron chi connectivity index (χ3n) is 3.08. The lowest BCUT2D eigenvalue weighted by Crippen LogP contribution is -2.15. The lowest BCUT2D eigenvalue weighted by atomic mass is 10.0. The molecule has 7 nitrogen and oxygen atoms in total. The van der Waals surface area contributed by atoms with Gasteiger partial charge in [0.25, 0.3) is 0 Å². The van der Waals surface area contributed by atoms with Crippen molar-refractivity contribution in [2.24, 2.45) is 0 Å². The van der Waals surface area contributed by atoms with E-state index in [4.69, 9.17) is 0 Å². The Morgan fingerprint density at radius 3 is 2.04 bits per heavy atom. The van der Waals surface area contributed by atoms with E-state index >= 15 is 0 Å². The van der Waals surface area contributed by atoms with Crippen LogP contribution in [0.25, 0.3) is 10.9 Å². The third kappa shape index (κ3) is 3.12. The van der Waals surface area contributed by atoms with Gasteiger partial charge in [0.05, 0.1) is 27.0 Å². The largest absolute Gasteiger partial charge is 0.499 e. The summed E-state index contributed by atoms with van der Waals surface area (Å²) in [6.45, 7) is 0. The number of aromatic hydroxyl groups is 1. The van der Waals surface area contributed by atoms with Crippen molar-refractivity contribution in [1.29, 1.82) is 0 Å². The van der Waals surface area contributed by atoms with Crippen LogP contribution in [0.2, 0.25) is 0 Å². The van der Waals surface area contributed by atoms with Gasteiger partial charge in [-0.1, -0.05) is 0 Å². The molecule has 1 aromatic carbocycles. The zero-order valence-electron chi connectivity index (χ0n) is 11.4. The molecule has 25 heavy (non-hydrogen) atoms. The molecular formula is C12H4F6N2O5. The number of hydrogen-bond donors (Lipinski definition) is 2. The highest BCUT2D eigenvalue weighted by Gasteiger charge is 2.39. The monoisotopic (exact) mass is 370 g/mol. The normalized spacial score (nSPS) is 12.4. The van der Waals surface area contributed by atoms with Gasteiger partial charge in [-0.05, 0) is 12.1 Å². The fraction of sp³-hybridized carbons (Fsp3) is 0.167. The molecule has 0 aliphatic heterocycles. The van der Waals surface area contributed by atoms with E-state index in [-0.39, 0.29) is 6.07 Å². The van der Waals surface area contributed by atoms with Crippen molar-refractivity contribution in [2.45, 2.75) is 12.4 Å². The summed E-state index contributed by atoms with van der Waals surface area (Å²) in [5.41, 5.74) is -10.9. The molecule has 0 aliphatic rings. The Morgan fingerprint density at radius 1 is 1.04 bits per heavy atom. The summed E-state index contributed by atoms with van der Waals surface area (Å²) in [6.07, 6.45) is -10.7. The van der Waals surface area contributed by atoms with Gasteiger partial charge in [-0.2, -0.15) is 26.3 Å². The van der Waals surface area contributed by atoms with E-state index in [1.54, 1.807) is 0 Å². The number of benzene rings is 1. The van der Waals surface area contributed by atoms with Crippen molar-refractivity contribution < 1.29 is 36.4 Å². The molecule has 0 radical (unpaired) electrons. The van der Waals surface area contributed by atoms with Gasteiger partial charge in [-0.3, -0.25) is 19.7 Å². The zero-order valence-corrected chi connectivity index (χ0v) is 11.4. The van der Waals surface area contributed by atoms with E-state index in [1.165, 1.54) is 4.98 Å². The number of nitro groups is 1. The highest BCUT2D eigenvalue weighted by atomic mass is 19.4. The summed E-state index contributed by atoms with van der Waals surface area (Å²) in [5, 5.41) is 18.6. The molecule has 0 atom stereocenters. The Labute approximate surface area is 131 Å². The van der Waals surface area contributed by atoms with E-state index in [0.717, 1.165) is 0 Å². The summed E-state index contributed by atoms with van der Waals surface area (Å²) in [5.74, 6) is -1.92. The van der Waals surface area contributed by atoms with Gasteiger partial charge in [0, 0.05) is 0 Å². The van der Waals surface area contributed by atoms with E-state index in [2.05, 4.69) is 0 Å². The first kappa shape index (κ1) is 18.2. The number of aromatic amines is 1. The lowest BCUT2D eigenvalue weighted by molar-refractivity contribution is -0.387. The second-order valence-corrected chi connectivity index (χ2v) is 4.68. The first-order valence-electron chi connectivity index (χ1n) is 6.01. The van der Waals surface area contributed by atoms with Gasteiger partial charge in [0.2, 0.25) is 11.2 Å². The number of rotatable bonds is 1. The highest BCUT2D eigenvalue weighted by Crippen LogP contribution is 2.38. The average Bonchev–Trinajstić information content (AvgIpc) is 2.51. The summed E-state index contributed by atoms with van der Waals surface area (Å²) in [7, 11) is 0. The molecule has 0 aliphatic carbocycles. The maximum absolute atomic E-state index is 13.1. The molecule has 2 N–H and O–H groups in total. The molecular weight excluding hydrogens is 366 g/mol. The second-order valence-electron chi connectivity index (χ2n) is 4.68. The fourth-order valence-electron chi connectivity index (χ4n) is 2.06. The van der Waals surface area contributed by atoms with E-state index in [0.29, 0.717) is 0 Å². The summed E-state index contributed by atoms with van der Waals surface area (Å²) < 4.78 is 77.5. The van der Waals surface area contributed by atoms with Crippen molar-refractivity contribution in [3.05, 3.63) is 54.0 Å². The smallest absolute Gasteiger partial charge is 0.417 e. The van der Waals surface area contributed by atoms with Crippen molar-refractivity contribution in [2.75, 3.05) is 0 Å². The quantitative estimate of drug-likeness (QED) is 0.455. The van der Waals surface area contributed by atoms with Gasteiger partial charge in [-0.15, -0.1) is 0 Å². The number of aromatic nitrogens is 1. The van der Waals surface area contributed by atoms with Gasteiger partial charge < -0.3 is 10.1 Å².